The third-order valence-corrected chi connectivity index (χ3v) is 4.60. The van der Waals surface area contributed by atoms with Crippen molar-refractivity contribution < 1.29 is 27.5 Å². The van der Waals surface area contributed by atoms with Crippen LogP contribution < -0.4 is 0 Å². The minimum absolute atomic E-state index is 0.0587. The summed E-state index contributed by atoms with van der Waals surface area (Å²) in [5.74, 6) is -0.793. The zero-order valence-electron chi connectivity index (χ0n) is 13.4. The molecule has 0 unspecified atom stereocenters. The number of sulfone groups is 1. The molecule has 0 bridgehead atoms. The van der Waals surface area contributed by atoms with Crippen LogP contribution in [0, 0.1) is 6.92 Å². The Balaban J connectivity index is 2.15. The standard InChI is InChI=1S/C16H17NO6S/c1-10-14(16(19)20)8-12(23-10)9-17(2)15(18)11-4-6-13(7-5-11)24(3,21)22/h4-8H,9H2,1-3H3,(H,19,20). The van der Waals surface area contributed by atoms with E-state index in [1.54, 1.807) is 14.0 Å². The van der Waals surface area contributed by atoms with E-state index in [2.05, 4.69) is 0 Å². The number of carboxylic acids is 1. The molecular formula is C16H17NO6S. The molecule has 24 heavy (non-hydrogen) atoms. The molecule has 0 aliphatic heterocycles. The molecule has 0 spiro atoms. The van der Waals surface area contributed by atoms with Crippen LogP contribution in [0.25, 0.3) is 0 Å². The van der Waals surface area contributed by atoms with Crippen molar-refractivity contribution in [2.75, 3.05) is 13.3 Å². The number of nitrogens with zero attached hydrogens (tertiary/aromatic N) is 1. The van der Waals surface area contributed by atoms with Gasteiger partial charge in [-0.2, -0.15) is 0 Å². The Hall–Kier alpha value is -2.61. The highest BCUT2D eigenvalue weighted by atomic mass is 32.2. The smallest absolute Gasteiger partial charge is 0.339 e. The zero-order chi connectivity index (χ0) is 18.1. The van der Waals surface area contributed by atoms with Crippen LogP contribution in [0.4, 0.5) is 0 Å². The quantitative estimate of drug-likeness (QED) is 0.883. The molecule has 2 rings (SSSR count). The van der Waals surface area contributed by atoms with Gasteiger partial charge in [-0.05, 0) is 37.3 Å². The van der Waals surface area contributed by atoms with Crippen molar-refractivity contribution in [3.8, 4) is 0 Å². The van der Waals surface area contributed by atoms with Crippen LogP contribution in [0.5, 0.6) is 0 Å². The molecule has 0 aliphatic carbocycles. The Morgan fingerprint density at radius 2 is 1.79 bits per heavy atom. The van der Waals surface area contributed by atoms with Crippen molar-refractivity contribution in [2.24, 2.45) is 0 Å². The minimum atomic E-state index is -3.32. The molecule has 1 aromatic carbocycles. The van der Waals surface area contributed by atoms with Gasteiger partial charge in [0.1, 0.15) is 17.1 Å². The van der Waals surface area contributed by atoms with Crippen LogP contribution in [0.2, 0.25) is 0 Å². The summed E-state index contributed by atoms with van der Waals surface area (Å²) in [5.41, 5.74) is 0.384. The number of carbonyl (C=O) groups is 2. The Morgan fingerprint density at radius 3 is 2.25 bits per heavy atom. The van der Waals surface area contributed by atoms with Crippen LogP contribution in [0.3, 0.4) is 0 Å². The third kappa shape index (κ3) is 3.83. The van der Waals surface area contributed by atoms with Gasteiger partial charge in [-0.1, -0.05) is 0 Å². The molecule has 0 fully saturated rings. The monoisotopic (exact) mass is 351 g/mol. The summed E-state index contributed by atoms with van der Waals surface area (Å²) in [6.07, 6.45) is 1.09. The molecule has 0 saturated heterocycles. The molecule has 1 aromatic heterocycles. The molecule has 0 atom stereocenters. The Kier molecular flexibility index (Phi) is 4.79. The lowest BCUT2D eigenvalue weighted by molar-refractivity contribution is 0.0694. The maximum absolute atomic E-state index is 12.4. The summed E-state index contributed by atoms with van der Waals surface area (Å²) in [6.45, 7) is 1.64. The largest absolute Gasteiger partial charge is 0.478 e. The van der Waals surface area contributed by atoms with Crippen LogP contribution in [-0.4, -0.2) is 43.6 Å². The van der Waals surface area contributed by atoms with Crippen molar-refractivity contribution in [1.82, 2.24) is 4.90 Å². The van der Waals surface area contributed by atoms with Gasteiger partial charge in [0.25, 0.3) is 5.91 Å². The molecule has 1 N–H and O–H groups in total. The van der Waals surface area contributed by atoms with Crippen LogP contribution >= 0.6 is 0 Å². The van der Waals surface area contributed by atoms with Crippen molar-refractivity contribution >= 4 is 21.7 Å². The first kappa shape index (κ1) is 17.7. The van der Waals surface area contributed by atoms with Gasteiger partial charge in [0.2, 0.25) is 0 Å². The molecule has 128 valence electrons. The van der Waals surface area contributed by atoms with Crippen LogP contribution in [0.1, 0.15) is 32.2 Å². The van der Waals surface area contributed by atoms with E-state index >= 15 is 0 Å². The van der Waals surface area contributed by atoms with Crippen LogP contribution in [0.15, 0.2) is 39.6 Å². The van der Waals surface area contributed by atoms with Gasteiger partial charge < -0.3 is 14.4 Å². The molecule has 0 radical (unpaired) electrons. The van der Waals surface area contributed by atoms with E-state index in [1.165, 1.54) is 35.2 Å². The fourth-order valence-electron chi connectivity index (χ4n) is 2.20. The number of carbonyl (C=O) groups excluding carboxylic acids is 1. The molecule has 0 aliphatic rings. The number of aromatic carboxylic acids is 1. The summed E-state index contributed by atoms with van der Waals surface area (Å²) >= 11 is 0. The molecule has 2 aromatic rings. The molecule has 0 saturated carbocycles. The van der Waals surface area contributed by atoms with E-state index < -0.39 is 15.8 Å². The number of hydrogen-bond acceptors (Lipinski definition) is 5. The highest BCUT2D eigenvalue weighted by Gasteiger charge is 2.18. The van der Waals surface area contributed by atoms with Gasteiger partial charge >= 0.3 is 5.97 Å². The summed E-state index contributed by atoms with van der Waals surface area (Å²) in [5, 5.41) is 9.00. The molecule has 1 heterocycles. The summed E-state index contributed by atoms with van der Waals surface area (Å²) in [7, 11) is -1.77. The molecule has 8 heteroatoms. The van der Waals surface area contributed by atoms with Crippen molar-refractivity contribution in [1.29, 1.82) is 0 Å². The SMILES string of the molecule is Cc1oc(CN(C)C(=O)c2ccc(S(C)(=O)=O)cc2)cc1C(=O)O. The first-order valence-corrected chi connectivity index (χ1v) is 8.87. The van der Waals surface area contributed by atoms with Gasteiger partial charge in [0.15, 0.2) is 9.84 Å². The molecule has 1 amide bonds. The minimum Gasteiger partial charge on any atom is -0.478 e. The van der Waals surface area contributed by atoms with E-state index in [1.807, 2.05) is 0 Å². The number of hydrogen-bond donors (Lipinski definition) is 1. The third-order valence-electron chi connectivity index (χ3n) is 3.47. The van der Waals surface area contributed by atoms with Gasteiger partial charge in [-0.3, -0.25) is 4.79 Å². The van der Waals surface area contributed by atoms with Crippen molar-refractivity contribution in [3.63, 3.8) is 0 Å². The highest BCUT2D eigenvalue weighted by molar-refractivity contribution is 7.90. The second kappa shape index (κ2) is 6.48. The molecule has 7 nitrogen and oxygen atoms in total. The number of aryl methyl sites for hydroxylation is 1. The lowest BCUT2D eigenvalue weighted by Gasteiger charge is -2.15. The average Bonchev–Trinajstić information content (AvgIpc) is 2.86. The maximum Gasteiger partial charge on any atom is 0.339 e. The lowest BCUT2D eigenvalue weighted by atomic mass is 10.2. The number of rotatable bonds is 5. The number of carboxylic acid groups (broad SMARTS) is 1. The van der Waals surface area contributed by atoms with E-state index in [4.69, 9.17) is 9.52 Å². The van der Waals surface area contributed by atoms with Crippen molar-refractivity contribution in [2.45, 2.75) is 18.4 Å². The summed E-state index contributed by atoms with van der Waals surface area (Å²) < 4.78 is 28.2. The number of furan rings is 1. The summed E-state index contributed by atoms with van der Waals surface area (Å²) in [6, 6.07) is 7.00. The number of amides is 1. The zero-order valence-corrected chi connectivity index (χ0v) is 14.3. The Bertz CT molecular complexity index is 880. The summed E-state index contributed by atoms with van der Waals surface area (Å²) in [4.78, 5) is 24.8. The van der Waals surface area contributed by atoms with E-state index in [9.17, 15) is 18.0 Å². The first-order chi connectivity index (χ1) is 11.1. The van der Waals surface area contributed by atoms with E-state index in [-0.39, 0.29) is 28.7 Å². The predicted molar refractivity (Wildman–Crippen MR) is 85.8 cm³/mol. The van der Waals surface area contributed by atoms with E-state index in [0.717, 1.165) is 6.26 Å². The highest BCUT2D eigenvalue weighted by Crippen LogP contribution is 2.17. The number of benzene rings is 1. The normalized spacial score (nSPS) is 11.3. The van der Waals surface area contributed by atoms with Gasteiger partial charge in [-0.15, -0.1) is 0 Å². The van der Waals surface area contributed by atoms with Gasteiger partial charge in [0, 0.05) is 18.9 Å². The second-order valence-electron chi connectivity index (χ2n) is 5.45. The van der Waals surface area contributed by atoms with Gasteiger partial charge in [-0.25, -0.2) is 13.2 Å². The fraction of sp³-hybridized carbons (Fsp3) is 0.250. The van der Waals surface area contributed by atoms with Crippen LogP contribution in [-0.2, 0) is 16.4 Å². The molecular weight excluding hydrogens is 334 g/mol. The van der Waals surface area contributed by atoms with Gasteiger partial charge in [0.05, 0.1) is 11.4 Å². The second-order valence-corrected chi connectivity index (χ2v) is 7.46. The average molecular weight is 351 g/mol. The fourth-order valence-corrected chi connectivity index (χ4v) is 2.84. The van der Waals surface area contributed by atoms with Crippen molar-refractivity contribution in [3.05, 3.63) is 53.0 Å². The maximum atomic E-state index is 12.4. The predicted octanol–water partition coefficient (Wildman–Crippen LogP) is 1.96. The lowest BCUT2D eigenvalue weighted by Crippen LogP contribution is -2.26. The first-order valence-electron chi connectivity index (χ1n) is 6.98. The van der Waals surface area contributed by atoms with E-state index in [0.29, 0.717) is 11.3 Å². The Labute approximate surface area is 139 Å². The topological polar surface area (TPSA) is 105 Å². The Morgan fingerprint density at radius 1 is 1.21 bits per heavy atom.